The summed E-state index contributed by atoms with van der Waals surface area (Å²) in [5, 5.41) is 3.02. The van der Waals surface area contributed by atoms with Crippen LogP contribution in [-0.4, -0.2) is 24.9 Å². The summed E-state index contributed by atoms with van der Waals surface area (Å²) in [7, 11) is 4.06. The molecule has 0 radical (unpaired) electrons. The van der Waals surface area contributed by atoms with E-state index in [0.29, 0.717) is 12.8 Å². The van der Waals surface area contributed by atoms with Gasteiger partial charge in [0.05, 0.1) is 0 Å². The summed E-state index contributed by atoms with van der Waals surface area (Å²) >= 11 is 0. The third-order valence-corrected chi connectivity index (χ3v) is 3.75. The van der Waals surface area contributed by atoms with Crippen LogP contribution < -0.4 is 11.1 Å². The van der Waals surface area contributed by atoms with Crippen LogP contribution in [0.15, 0.2) is 42.5 Å². The molecule has 0 aliphatic rings. The predicted octanol–water partition coefficient (Wildman–Crippen LogP) is 4.05. The molecule has 0 heterocycles. The van der Waals surface area contributed by atoms with Crippen LogP contribution in [0.4, 0.5) is 11.4 Å². The van der Waals surface area contributed by atoms with Crippen molar-refractivity contribution >= 4 is 42.1 Å². The molecule has 0 bridgehead atoms. The summed E-state index contributed by atoms with van der Waals surface area (Å²) in [5.41, 5.74) is 10.8. The van der Waals surface area contributed by atoms with E-state index >= 15 is 0 Å². The Hall–Kier alpha value is -1.75. The molecule has 0 atom stereocenters. The summed E-state index contributed by atoms with van der Waals surface area (Å²) in [4.78, 5) is 14.3. The molecule has 0 saturated carbocycles. The SMILES string of the molecule is Cc1ccc(CN(C)C)cc1NC(=O)CCc1ccccc1N.Cl.Cl. The number of carbonyl (C=O) groups excluding carboxylic acids is 1. The zero-order valence-electron chi connectivity index (χ0n) is 14.9. The smallest absolute Gasteiger partial charge is 0.224 e. The van der Waals surface area contributed by atoms with Crippen molar-refractivity contribution in [3.8, 4) is 0 Å². The maximum atomic E-state index is 12.2. The number of rotatable bonds is 6. The summed E-state index contributed by atoms with van der Waals surface area (Å²) in [6.07, 6.45) is 1.07. The first-order chi connectivity index (χ1) is 11.0. The third-order valence-electron chi connectivity index (χ3n) is 3.75. The van der Waals surface area contributed by atoms with Gasteiger partial charge in [0, 0.05) is 24.3 Å². The summed E-state index contributed by atoms with van der Waals surface area (Å²) in [5.74, 6) is 0.0124. The van der Waals surface area contributed by atoms with Crippen molar-refractivity contribution in [2.75, 3.05) is 25.1 Å². The fourth-order valence-electron chi connectivity index (χ4n) is 2.49. The number of hydrogen-bond acceptors (Lipinski definition) is 3. The Morgan fingerprint density at radius 2 is 1.80 bits per heavy atom. The first kappa shape index (κ1) is 23.2. The van der Waals surface area contributed by atoms with Crippen molar-refractivity contribution in [1.29, 1.82) is 0 Å². The number of benzene rings is 2. The quantitative estimate of drug-likeness (QED) is 0.739. The van der Waals surface area contributed by atoms with E-state index < -0.39 is 0 Å². The number of amides is 1. The maximum absolute atomic E-state index is 12.2. The summed E-state index contributed by atoms with van der Waals surface area (Å²) in [6, 6.07) is 13.9. The molecule has 0 spiro atoms. The lowest BCUT2D eigenvalue weighted by Crippen LogP contribution is -2.15. The Balaban J connectivity index is 0.00000288. The van der Waals surface area contributed by atoms with Gasteiger partial charge in [0.25, 0.3) is 0 Å². The first-order valence-electron chi connectivity index (χ1n) is 7.83. The molecule has 0 aromatic heterocycles. The van der Waals surface area contributed by atoms with Gasteiger partial charge in [-0.25, -0.2) is 0 Å². The Morgan fingerprint density at radius 1 is 1.12 bits per heavy atom. The van der Waals surface area contributed by atoms with Gasteiger partial charge >= 0.3 is 0 Å². The molecular formula is C19H27Cl2N3O. The molecule has 2 rings (SSSR count). The van der Waals surface area contributed by atoms with E-state index in [1.54, 1.807) is 0 Å². The number of nitrogens with zero attached hydrogens (tertiary/aromatic N) is 1. The molecule has 6 heteroatoms. The van der Waals surface area contributed by atoms with Gasteiger partial charge in [0.1, 0.15) is 0 Å². The summed E-state index contributed by atoms with van der Waals surface area (Å²) < 4.78 is 0. The molecule has 0 aliphatic carbocycles. The second-order valence-electron chi connectivity index (χ2n) is 6.13. The molecule has 0 aliphatic heterocycles. The number of anilines is 2. The van der Waals surface area contributed by atoms with E-state index in [9.17, 15) is 4.79 Å². The molecule has 2 aromatic rings. The number of halogens is 2. The molecule has 25 heavy (non-hydrogen) atoms. The third kappa shape index (κ3) is 7.34. The lowest BCUT2D eigenvalue weighted by Gasteiger charge is -2.14. The number of carbonyl (C=O) groups is 1. The van der Waals surface area contributed by atoms with Crippen molar-refractivity contribution in [2.45, 2.75) is 26.3 Å². The van der Waals surface area contributed by atoms with Gasteiger partial charge in [-0.15, -0.1) is 24.8 Å². The van der Waals surface area contributed by atoms with Crippen LogP contribution in [0.5, 0.6) is 0 Å². The van der Waals surface area contributed by atoms with Gasteiger partial charge in [0.15, 0.2) is 0 Å². The highest BCUT2D eigenvalue weighted by Gasteiger charge is 2.08. The molecule has 4 nitrogen and oxygen atoms in total. The molecule has 138 valence electrons. The molecule has 0 saturated heterocycles. The lowest BCUT2D eigenvalue weighted by molar-refractivity contribution is -0.116. The van der Waals surface area contributed by atoms with Crippen LogP contribution in [0, 0.1) is 6.92 Å². The van der Waals surface area contributed by atoms with E-state index in [0.717, 1.165) is 29.0 Å². The van der Waals surface area contributed by atoms with Crippen LogP contribution in [0.25, 0.3) is 0 Å². The topological polar surface area (TPSA) is 58.4 Å². The Bertz CT molecular complexity index is 690. The largest absolute Gasteiger partial charge is 0.399 e. The van der Waals surface area contributed by atoms with Gasteiger partial charge in [-0.2, -0.15) is 0 Å². The number of aryl methyl sites for hydroxylation is 2. The monoisotopic (exact) mass is 383 g/mol. The van der Waals surface area contributed by atoms with Crippen LogP contribution >= 0.6 is 24.8 Å². The second-order valence-corrected chi connectivity index (χ2v) is 6.13. The molecule has 1 amide bonds. The van der Waals surface area contributed by atoms with Crippen LogP contribution in [-0.2, 0) is 17.8 Å². The molecule has 3 N–H and O–H groups in total. The van der Waals surface area contributed by atoms with Crippen molar-refractivity contribution < 1.29 is 4.79 Å². The highest BCUT2D eigenvalue weighted by molar-refractivity contribution is 5.91. The van der Waals surface area contributed by atoms with Crippen LogP contribution in [0.3, 0.4) is 0 Å². The second kappa shape index (κ2) is 11.0. The van der Waals surface area contributed by atoms with Crippen molar-refractivity contribution in [3.63, 3.8) is 0 Å². The minimum atomic E-state index is 0. The minimum Gasteiger partial charge on any atom is -0.399 e. The number of nitrogens with one attached hydrogen (secondary N) is 1. The van der Waals surface area contributed by atoms with Gasteiger partial charge in [0.2, 0.25) is 5.91 Å². The standard InChI is InChI=1S/C19H25N3O.2ClH/c1-14-8-9-15(13-22(2)3)12-18(14)21-19(23)11-10-16-6-4-5-7-17(16)20;;/h4-9,12H,10-11,13,20H2,1-3H3,(H,21,23);2*1H. The molecule has 0 fully saturated rings. The van der Waals surface area contributed by atoms with Crippen LogP contribution in [0.2, 0.25) is 0 Å². The minimum absolute atomic E-state index is 0. The first-order valence-corrected chi connectivity index (χ1v) is 7.83. The van der Waals surface area contributed by atoms with Crippen molar-refractivity contribution in [1.82, 2.24) is 4.90 Å². The Labute approximate surface area is 162 Å². The number of hydrogen-bond donors (Lipinski definition) is 2. The maximum Gasteiger partial charge on any atom is 0.224 e. The summed E-state index contributed by atoms with van der Waals surface area (Å²) in [6.45, 7) is 2.86. The number of para-hydroxylation sites is 1. The average molecular weight is 384 g/mol. The van der Waals surface area contributed by atoms with Gasteiger partial charge < -0.3 is 16.0 Å². The van der Waals surface area contributed by atoms with E-state index in [-0.39, 0.29) is 30.7 Å². The zero-order valence-corrected chi connectivity index (χ0v) is 16.5. The average Bonchev–Trinajstić information content (AvgIpc) is 2.49. The number of nitrogens with two attached hydrogens (primary N) is 1. The van der Waals surface area contributed by atoms with E-state index in [1.165, 1.54) is 5.56 Å². The molecular weight excluding hydrogens is 357 g/mol. The number of nitrogen functional groups attached to an aromatic ring is 1. The normalized spacial score (nSPS) is 9.92. The lowest BCUT2D eigenvalue weighted by atomic mass is 10.1. The van der Waals surface area contributed by atoms with Crippen molar-refractivity contribution in [2.24, 2.45) is 0 Å². The van der Waals surface area contributed by atoms with E-state index in [2.05, 4.69) is 16.3 Å². The highest BCUT2D eigenvalue weighted by atomic mass is 35.5. The van der Waals surface area contributed by atoms with Crippen LogP contribution in [0.1, 0.15) is 23.1 Å². The van der Waals surface area contributed by atoms with Crippen molar-refractivity contribution in [3.05, 3.63) is 59.2 Å². The fraction of sp³-hybridized carbons (Fsp3) is 0.316. The molecule has 0 unspecified atom stereocenters. The fourth-order valence-corrected chi connectivity index (χ4v) is 2.49. The highest BCUT2D eigenvalue weighted by Crippen LogP contribution is 2.19. The van der Waals surface area contributed by atoms with Gasteiger partial charge in [-0.05, 0) is 56.3 Å². The molecule has 2 aromatic carbocycles. The van der Waals surface area contributed by atoms with Gasteiger partial charge in [-0.3, -0.25) is 4.79 Å². The predicted molar refractivity (Wildman–Crippen MR) is 111 cm³/mol. The zero-order chi connectivity index (χ0) is 16.8. The van der Waals surface area contributed by atoms with Gasteiger partial charge in [-0.1, -0.05) is 30.3 Å². The van der Waals surface area contributed by atoms with E-state index in [1.807, 2.05) is 57.4 Å². The van der Waals surface area contributed by atoms with E-state index in [4.69, 9.17) is 5.73 Å². The Morgan fingerprint density at radius 3 is 2.44 bits per heavy atom. The Kier molecular flexibility index (Phi) is 10.2.